The van der Waals surface area contributed by atoms with Crippen LogP contribution in [0.5, 0.6) is 0 Å². The van der Waals surface area contributed by atoms with Gasteiger partial charge in [0.25, 0.3) is 5.91 Å². The number of carbonyl (C=O) groups is 1. The summed E-state index contributed by atoms with van der Waals surface area (Å²) in [5.74, 6) is 0.188. The van der Waals surface area contributed by atoms with Gasteiger partial charge in [0, 0.05) is 37.6 Å². The number of rotatable bonds is 4. The van der Waals surface area contributed by atoms with Gasteiger partial charge in [0.05, 0.1) is 11.3 Å². The zero-order valence-electron chi connectivity index (χ0n) is 19.0. The number of aryl methyl sites for hydroxylation is 5. The van der Waals surface area contributed by atoms with Crippen LogP contribution in [0, 0.1) is 34.6 Å². The predicted molar refractivity (Wildman–Crippen MR) is 121 cm³/mol. The second-order valence-corrected chi connectivity index (χ2v) is 10.2. The molecule has 9 heteroatoms. The monoisotopic (exact) mass is 456 g/mol. The normalized spacial score (nSPS) is 15.3. The number of piperazine rings is 1. The number of nitrogens with zero attached hydrogens (tertiary/aromatic N) is 4. The Balaban J connectivity index is 1.58. The van der Waals surface area contributed by atoms with Crippen LogP contribution in [0.1, 0.15) is 38.8 Å². The van der Waals surface area contributed by atoms with Crippen LogP contribution in [0.15, 0.2) is 39.8 Å². The molecule has 1 aromatic carbocycles. The van der Waals surface area contributed by atoms with Gasteiger partial charge in [-0.25, -0.2) is 8.42 Å². The van der Waals surface area contributed by atoms with E-state index in [0.717, 1.165) is 22.6 Å². The van der Waals surface area contributed by atoms with Gasteiger partial charge in [0.1, 0.15) is 10.6 Å². The highest BCUT2D eigenvalue weighted by Gasteiger charge is 2.34. The molecule has 0 unspecified atom stereocenters. The van der Waals surface area contributed by atoms with Crippen LogP contribution >= 0.6 is 0 Å². The first kappa shape index (κ1) is 22.3. The summed E-state index contributed by atoms with van der Waals surface area (Å²) in [5.41, 5.74) is 4.91. The van der Waals surface area contributed by atoms with Gasteiger partial charge in [-0.05, 0) is 58.9 Å². The molecule has 0 radical (unpaired) electrons. The number of hydrogen-bond donors (Lipinski definition) is 0. The fourth-order valence-corrected chi connectivity index (χ4v) is 6.05. The molecule has 3 aromatic rings. The fourth-order valence-electron chi connectivity index (χ4n) is 4.34. The molecule has 4 rings (SSSR count). The molecule has 1 amide bonds. The molecule has 0 aliphatic carbocycles. The van der Waals surface area contributed by atoms with Gasteiger partial charge in [-0.2, -0.15) is 4.31 Å². The molecule has 2 aromatic heterocycles. The predicted octanol–water partition coefficient (Wildman–Crippen LogP) is 3.15. The number of hydrogen-bond acceptors (Lipinski definition) is 5. The maximum Gasteiger partial charge on any atom is 0.256 e. The van der Waals surface area contributed by atoms with Gasteiger partial charge in [-0.3, -0.25) is 4.79 Å². The van der Waals surface area contributed by atoms with Crippen LogP contribution in [0.25, 0.3) is 5.69 Å². The standard InChI is InChI=1S/C23H28N4O4S/c1-15-6-9-21(27-16(2)7-8-17(27)3)20(14-15)23(28)25-10-12-26(13-11-25)32(29,30)22-18(4)24-31-19(22)5/h6-9,14H,10-13H2,1-5H3. The third-order valence-corrected chi connectivity index (χ3v) is 8.13. The quantitative estimate of drug-likeness (QED) is 0.602. The molecule has 170 valence electrons. The second-order valence-electron chi connectivity index (χ2n) is 8.32. The number of carbonyl (C=O) groups excluding carboxylic acids is 1. The molecule has 0 atom stereocenters. The van der Waals surface area contributed by atoms with Crippen LogP contribution in [0.4, 0.5) is 0 Å². The van der Waals surface area contributed by atoms with E-state index in [1.54, 1.807) is 18.7 Å². The van der Waals surface area contributed by atoms with Crippen molar-refractivity contribution in [3.05, 3.63) is 64.3 Å². The maximum atomic E-state index is 13.5. The first-order valence-corrected chi connectivity index (χ1v) is 12.0. The van der Waals surface area contributed by atoms with Crippen molar-refractivity contribution in [1.82, 2.24) is 18.9 Å². The number of amides is 1. The maximum absolute atomic E-state index is 13.5. The van der Waals surface area contributed by atoms with E-state index in [0.29, 0.717) is 24.3 Å². The van der Waals surface area contributed by atoms with E-state index in [4.69, 9.17) is 4.52 Å². The molecule has 0 N–H and O–H groups in total. The molecule has 0 saturated carbocycles. The summed E-state index contributed by atoms with van der Waals surface area (Å²) in [6.45, 7) is 10.3. The van der Waals surface area contributed by atoms with Crippen molar-refractivity contribution in [2.45, 2.75) is 39.5 Å². The van der Waals surface area contributed by atoms with Crippen molar-refractivity contribution in [3.8, 4) is 5.69 Å². The van der Waals surface area contributed by atoms with Gasteiger partial charge in [-0.15, -0.1) is 0 Å². The van der Waals surface area contributed by atoms with Gasteiger partial charge < -0.3 is 14.0 Å². The highest BCUT2D eigenvalue weighted by molar-refractivity contribution is 7.89. The summed E-state index contributed by atoms with van der Waals surface area (Å²) in [6, 6.07) is 9.94. The Hall–Kier alpha value is -2.91. The Bertz CT molecular complexity index is 1240. The highest BCUT2D eigenvalue weighted by Crippen LogP contribution is 2.26. The minimum Gasteiger partial charge on any atom is -0.360 e. The molecule has 1 saturated heterocycles. The number of aromatic nitrogens is 2. The van der Waals surface area contributed by atoms with Crippen LogP contribution < -0.4 is 0 Å². The number of sulfonamides is 1. The largest absolute Gasteiger partial charge is 0.360 e. The minimum absolute atomic E-state index is 0.0920. The van der Waals surface area contributed by atoms with Crippen molar-refractivity contribution >= 4 is 15.9 Å². The van der Waals surface area contributed by atoms with Crippen molar-refractivity contribution in [3.63, 3.8) is 0 Å². The summed E-state index contributed by atoms with van der Waals surface area (Å²) in [6.07, 6.45) is 0. The fraction of sp³-hybridized carbons (Fsp3) is 0.391. The van der Waals surface area contributed by atoms with E-state index >= 15 is 0 Å². The van der Waals surface area contributed by atoms with E-state index in [9.17, 15) is 13.2 Å². The van der Waals surface area contributed by atoms with E-state index < -0.39 is 10.0 Å². The summed E-state index contributed by atoms with van der Waals surface area (Å²) in [4.78, 5) is 15.4. The zero-order chi connectivity index (χ0) is 23.2. The van der Waals surface area contributed by atoms with Crippen molar-refractivity contribution in [2.75, 3.05) is 26.2 Å². The number of benzene rings is 1. The van der Waals surface area contributed by atoms with E-state index in [-0.39, 0.29) is 29.7 Å². The molecule has 32 heavy (non-hydrogen) atoms. The first-order chi connectivity index (χ1) is 15.1. The molecule has 0 bridgehead atoms. The Kier molecular flexibility index (Phi) is 5.72. The lowest BCUT2D eigenvalue weighted by atomic mass is 10.1. The summed E-state index contributed by atoms with van der Waals surface area (Å²) >= 11 is 0. The topological polar surface area (TPSA) is 88.7 Å². The third kappa shape index (κ3) is 3.75. The molecule has 3 heterocycles. The molecular weight excluding hydrogens is 428 g/mol. The van der Waals surface area contributed by atoms with E-state index in [1.807, 2.05) is 51.1 Å². The minimum atomic E-state index is -3.72. The molecule has 1 aliphatic rings. The lowest BCUT2D eigenvalue weighted by Gasteiger charge is -2.34. The molecule has 0 spiro atoms. The molecule has 1 aliphatic heterocycles. The highest BCUT2D eigenvalue weighted by atomic mass is 32.2. The average Bonchev–Trinajstić information content (AvgIpc) is 3.28. The van der Waals surface area contributed by atoms with Gasteiger partial charge >= 0.3 is 0 Å². The molecule has 8 nitrogen and oxygen atoms in total. The second kappa shape index (κ2) is 8.22. The lowest BCUT2D eigenvalue weighted by molar-refractivity contribution is 0.0697. The molecular formula is C23H28N4O4S. The first-order valence-electron chi connectivity index (χ1n) is 10.6. The smallest absolute Gasteiger partial charge is 0.256 e. The van der Waals surface area contributed by atoms with Crippen molar-refractivity contribution < 1.29 is 17.7 Å². The third-order valence-electron chi connectivity index (χ3n) is 5.99. The zero-order valence-corrected chi connectivity index (χ0v) is 19.9. The van der Waals surface area contributed by atoms with Gasteiger partial charge in [-0.1, -0.05) is 16.8 Å². The van der Waals surface area contributed by atoms with Gasteiger partial charge in [0.2, 0.25) is 10.0 Å². The van der Waals surface area contributed by atoms with Crippen LogP contribution in [0.3, 0.4) is 0 Å². The average molecular weight is 457 g/mol. The van der Waals surface area contributed by atoms with Crippen LogP contribution in [-0.2, 0) is 10.0 Å². The SMILES string of the molecule is Cc1ccc(-n2c(C)ccc2C)c(C(=O)N2CCN(S(=O)(=O)c3c(C)noc3C)CC2)c1. The van der Waals surface area contributed by atoms with Crippen molar-refractivity contribution in [1.29, 1.82) is 0 Å². The summed E-state index contributed by atoms with van der Waals surface area (Å²) in [7, 11) is -3.72. The van der Waals surface area contributed by atoms with Gasteiger partial charge in [0.15, 0.2) is 5.76 Å². The van der Waals surface area contributed by atoms with Crippen LogP contribution in [-0.4, -0.2) is 59.4 Å². The Morgan fingerprint density at radius 3 is 2.12 bits per heavy atom. The lowest BCUT2D eigenvalue weighted by Crippen LogP contribution is -2.50. The van der Waals surface area contributed by atoms with Crippen molar-refractivity contribution in [2.24, 2.45) is 0 Å². The Morgan fingerprint density at radius 2 is 1.56 bits per heavy atom. The summed E-state index contributed by atoms with van der Waals surface area (Å²) < 4.78 is 34.7. The Labute approximate surface area is 188 Å². The molecule has 1 fully saturated rings. The van der Waals surface area contributed by atoms with E-state index in [1.165, 1.54) is 4.31 Å². The van der Waals surface area contributed by atoms with E-state index in [2.05, 4.69) is 9.72 Å². The summed E-state index contributed by atoms with van der Waals surface area (Å²) in [5, 5.41) is 3.77. The Morgan fingerprint density at radius 1 is 0.938 bits per heavy atom. The van der Waals surface area contributed by atoms with Crippen LogP contribution in [0.2, 0.25) is 0 Å².